The summed E-state index contributed by atoms with van der Waals surface area (Å²) in [5.74, 6) is 0.964. The summed E-state index contributed by atoms with van der Waals surface area (Å²) in [5, 5.41) is 4.10. The molecular weight excluding hydrogens is 456 g/mol. The van der Waals surface area contributed by atoms with E-state index in [1.807, 2.05) is 41.8 Å². The Morgan fingerprint density at radius 2 is 1.83 bits per heavy atom. The van der Waals surface area contributed by atoms with Crippen LogP contribution in [-0.4, -0.2) is 52.1 Å². The lowest BCUT2D eigenvalue weighted by molar-refractivity contribution is -0.134. The van der Waals surface area contributed by atoms with Gasteiger partial charge in [-0.1, -0.05) is 31.7 Å². The molecule has 0 unspecified atom stereocenters. The van der Waals surface area contributed by atoms with Crippen molar-refractivity contribution in [2.24, 2.45) is 0 Å². The van der Waals surface area contributed by atoms with Gasteiger partial charge < -0.3 is 24.3 Å². The number of aromatic nitrogens is 2. The minimum atomic E-state index is -1.10. The number of rotatable bonds is 6. The molecule has 1 aliphatic carbocycles. The Bertz CT molecular complexity index is 1260. The summed E-state index contributed by atoms with van der Waals surface area (Å²) in [4.78, 5) is 34.0. The maximum atomic E-state index is 14.1. The van der Waals surface area contributed by atoms with Crippen molar-refractivity contribution in [3.05, 3.63) is 54.0 Å². The molecule has 1 N–H and O–H groups in total. The Balaban J connectivity index is 1.60. The Morgan fingerprint density at radius 1 is 1.11 bits per heavy atom. The molecule has 2 aromatic heterocycles. The minimum absolute atomic E-state index is 0.124. The lowest BCUT2D eigenvalue weighted by atomic mass is 9.93. The summed E-state index contributed by atoms with van der Waals surface area (Å²) in [7, 11) is 3.22. The summed E-state index contributed by atoms with van der Waals surface area (Å²) in [6, 6.07) is 9.43. The second-order valence-corrected chi connectivity index (χ2v) is 10.0. The zero-order chi connectivity index (χ0) is 25.3. The Morgan fingerprint density at radius 3 is 2.50 bits per heavy atom. The molecule has 0 saturated heterocycles. The van der Waals surface area contributed by atoms with E-state index in [0.717, 1.165) is 42.1 Å². The Kier molecular flexibility index (Phi) is 6.60. The zero-order valence-electron chi connectivity index (χ0n) is 21.3. The smallest absolute Gasteiger partial charge is 0.271 e. The fourth-order valence-corrected chi connectivity index (χ4v) is 5.64. The second kappa shape index (κ2) is 9.84. The number of ether oxygens (including phenoxy) is 2. The molecule has 1 aromatic carbocycles. The third-order valence-corrected chi connectivity index (χ3v) is 7.69. The predicted octanol–water partition coefficient (Wildman–Crippen LogP) is 4.31. The van der Waals surface area contributed by atoms with Gasteiger partial charge in [0, 0.05) is 30.4 Å². The van der Waals surface area contributed by atoms with E-state index in [1.54, 1.807) is 31.5 Å². The molecule has 5 rings (SSSR count). The number of pyridine rings is 1. The maximum absolute atomic E-state index is 14.1. The largest absolute Gasteiger partial charge is 0.496 e. The number of hydrogen-bond acceptors (Lipinski definition) is 5. The van der Waals surface area contributed by atoms with Crippen LogP contribution < -0.4 is 14.8 Å². The summed E-state index contributed by atoms with van der Waals surface area (Å²) < 4.78 is 13.2. The molecule has 190 valence electrons. The molecule has 3 heterocycles. The Labute approximate surface area is 211 Å². The monoisotopic (exact) mass is 490 g/mol. The molecule has 8 heteroatoms. The van der Waals surface area contributed by atoms with Crippen LogP contribution in [-0.2, 0) is 17.9 Å². The van der Waals surface area contributed by atoms with E-state index in [1.165, 1.54) is 12.8 Å². The molecule has 1 atom stereocenters. The van der Waals surface area contributed by atoms with Crippen LogP contribution in [0.1, 0.15) is 61.5 Å². The van der Waals surface area contributed by atoms with Crippen LogP contribution in [0.3, 0.4) is 0 Å². The van der Waals surface area contributed by atoms with Gasteiger partial charge in [0.25, 0.3) is 5.91 Å². The van der Waals surface area contributed by atoms with Gasteiger partial charge >= 0.3 is 0 Å². The highest BCUT2D eigenvalue weighted by Gasteiger charge is 2.48. The van der Waals surface area contributed by atoms with E-state index in [2.05, 4.69) is 10.3 Å². The molecule has 8 nitrogen and oxygen atoms in total. The normalized spacial score (nSPS) is 20.6. The van der Waals surface area contributed by atoms with Crippen LogP contribution in [0.15, 0.2) is 42.7 Å². The third kappa shape index (κ3) is 4.18. The number of fused-ring (bicyclic) bond motifs is 3. The van der Waals surface area contributed by atoms with Gasteiger partial charge in [-0.15, -0.1) is 0 Å². The lowest BCUT2D eigenvalue weighted by Crippen LogP contribution is -2.64. The fourth-order valence-electron chi connectivity index (χ4n) is 5.64. The first kappa shape index (κ1) is 24.2. The molecule has 0 spiro atoms. The van der Waals surface area contributed by atoms with Crippen molar-refractivity contribution in [2.75, 3.05) is 14.2 Å². The summed E-state index contributed by atoms with van der Waals surface area (Å²) in [6.45, 7) is 2.46. The number of methoxy groups -OCH3 is 2. The number of carbonyl (C=O) groups is 2. The van der Waals surface area contributed by atoms with Crippen molar-refractivity contribution in [2.45, 2.75) is 70.1 Å². The number of carbonyl (C=O) groups excluding carboxylic acids is 2. The number of nitrogens with one attached hydrogen (secondary N) is 1. The van der Waals surface area contributed by atoms with Crippen LogP contribution in [0.5, 0.6) is 11.5 Å². The number of benzene rings is 1. The average Bonchev–Trinajstić information content (AvgIpc) is 3.08. The lowest BCUT2D eigenvalue weighted by Gasteiger charge is -2.44. The standard InChI is InChI=1S/C28H34N4O4/c1-28(27(34)30-20-10-6-4-5-7-11-20)18-31-22(26(33)32(28)17-19-9-8-14-29-16-19)15-21-23(35-2)12-13-24(36-3)25(21)31/h8-9,12-16,20H,4-7,10-11,17-18H2,1-3H3,(H,30,34)/t28-/m1/s1. The second-order valence-electron chi connectivity index (χ2n) is 10.0. The van der Waals surface area contributed by atoms with Crippen molar-refractivity contribution in [3.63, 3.8) is 0 Å². The van der Waals surface area contributed by atoms with Crippen LogP contribution in [0.2, 0.25) is 0 Å². The van der Waals surface area contributed by atoms with Gasteiger partial charge in [-0.2, -0.15) is 0 Å². The van der Waals surface area contributed by atoms with Crippen LogP contribution in [0.4, 0.5) is 0 Å². The highest BCUT2D eigenvalue weighted by atomic mass is 16.5. The first-order valence-corrected chi connectivity index (χ1v) is 12.7. The molecule has 1 aliphatic heterocycles. The topological polar surface area (TPSA) is 85.7 Å². The van der Waals surface area contributed by atoms with Gasteiger partial charge in [-0.3, -0.25) is 14.6 Å². The molecule has 0 bridgehead atoms. The number of nitrogens with zero attached hydrogens (tertiary/aromatic N) is 3. The predicted molar refractivity (Wildman–Crippen MR) is 137 cm³/mol. The van der Waals surface area contributed by atoms with Gasteiger partial charge in [0.1, 0.15) is 22.7 Å². The summed E-state index contributed by atoms with van der Waals surface area (Å²) in [5.41, 5.74) is 1.04. The first-order chi connectivity index (χ1) is 17.5. The summed E-state index contributed by atoms with van der Waals surface area (Å²) in [6.07, 6.45) is 10.0. The molecule has 2 amide bonds. The quantitative estimate of drug-likeness (QED) is 0.521. The van der Waals surface area contributed by atoms with Crippen molar-refractivity contribution in [1.82, 2.24) is 19.8 Å². The van der Waals surface area contributed by atoms with Crippen molar-refractivity contribution in [1.29, 1.82) is 0 Å². The third-order valence-electron chi connectivity index (χ3n) is 7.69. The van der Waals surface area contributed by atoms with Crippen molar-refractivity contribution < 1.29 is 19.1 Å². The number of amides is 2. The Hall–Kier alpha value is -3.55. The summed E-state index contributed by atoms with van der Waals surface area (Å²) >= 11 is 0. The van der Waals surface area contributed by atoms with E-state index in [4.69, 9.17) is 9.47 Å². The molecule has 2 aliphatic rings. The highest BCUT2D eigenvalue weighted by Crippen LogP contribution is 2.40. The van der Waals surface area contributed by atoms with Crippen LogP contribution >= 0.6 is 0 Å². The van der Waals surface area contributed by atoms with Crippen molar-refractivity contribution >= 4 is 22.7 Å². The van der Waals surface area contributed by atoms with Crippen LogP contribution in [0, 0.1) is 0 Å². The van der Waals surface area contributed by atoms with Gasteiger partial charge in [0.05, 0.1) is 26.3 Å². The van der Waals surface area contributed by atoms with Gasteiger partial charge in [0.2, 0.25) is 5.91 Å². The average molecular weight is 491 g/mol. The van der Waals surface area contributed by atoms with Gasteiger partial charge in [0.15, 0.2) is 0 Å². The van der Waals surface area contributed by atoms with E-state index < -0.39 is 5.54 Å². The molecular formula is C28H34N4O4. The van der Waals surface area contributed by atoms with Gasteiger partial charge in [-0.25, -0.2) is 0 Å². The first-order valence-electron chi connectivity index (χ1n) is 12.7. The minimum Gasteiger partial charge on any atom is -0.496 e. The van der Waals surface area contributed by atoms with Crippen LogP contribution in [0.25, 0.3) is 10.9 Å². The molecule has 36 heavy (non-hydrogen) atoms. The van der Waals surface area contributed by atoms with E-state index in [-0.39, 0.29) is 24.4 Å². The van der Waals surface area contributed by atoms with Crippen molar-refractivity contribution in [3.8, 4) is 11.5 Å². The fraction of sp³-hybridized carbons (Fsp3) is 0.464. The molecule has 1 fully saturated rings. The van der Waals surface area contributed by atoms with Gasteiger partial charge in [-0.05, 0) is 49.6 Å². The molecule has 0 radical (unpaired) electrons. The van der Waals surface area contributed by atoms with E-state index in [9.17, 15) is 9.59 Å². The molecule has 3 aromatic rings. The van der Waals surface area contributed by atoms with E-state index in [0.29, 0.717) is 23.7 Å². The zero-order valence-corrected chi connectivity index (χ0v) is 21.3. The molecule has 1 saturated carbocycles. The highest BCUT2D eigenvalue weighted by molar-refractivity contribution is 6.05. The van der Waals surface area contributed by atoms with E-state index >= 15 is 0 Å². The number of hydrogen-bond donors (Lipinski definition) is 1. The maximum Gasteiger partial charge on any atom is 0.271 e. The SMILES string of the molecule is COc1ccc(OC)c2c1cc1n2C[C@](C)(C(=O)NC2CCCCCC2)N(Cc2cccnc2)C1=O.